The molecule has 0 saturated heterocycles. The van der Waals surface area contributed by atoms with E-state index in [0.717, 1.165) is 18.3 Å². The highest BCUT2D eigenvalue weighted by molar-refractivity contribution is 5.73. The largest absolute Gasteiger partial charge is 0.466 e. The average Bonchev–Trinajstić information content (AvgIpc) is 2.62. The van der Waals surface area contributed by atoms with Gasteiger partial charge in [0.1, 0.15) is 0 Å². The smallest absolute Gasteiger partial charge is 0.309 e. The molecule has 2 heteroatoms. The first-order valence-electron chi connectivity index (χ1n) is 5.39. The van der Waals surface area contributed by atoms with Gasteiger partial charge in [0.05, 0.1) is 12.5 Å². The number of hydrogen-bond acceptors (Lipinski definition) is 2. The minimum Gasteiger partial charge on any atom is -0.466 e. The van der Waals surface area contributed by atoms with Gasteiger partial charge in [0, 0.05) is 0 Å². The highest BCUT2D eigenvalue weighted by Gasteiger charge is 2.47. The van der Waals surface area contributed by atoms with Gasteiger partial charge in [0.15, 0.2) is 0 Å². The average molecular weight is 182 g/mol. The Morgan fingerprint density at radius 2 is 2.15 bits per heavy atom. The first kappa shape index (κ1) is 9.04. The van der Waals surface area contributed by atoms with E-state index in [-0.39, 0.29) is 11.9 Å². The molecule has 0 aromatic heterocycles. The van der Waals surface area contributed by atoms with Gasteiger partial charge in [-0.1, -0.05) is 6.92 Å². The molecule has 0 spiro atoms. The quantitative estimate of drug-likeness (QED) is 0.612. The Kier molecular flexibility index (Phi) is 2.31. The Labute approximate surface area is 79.7 Å². The van der Waals surface area contributed by atoms with Crippen LogP contribution in [-0.2, 0) is 9.53 Å². The maximum atomic E-state index is 11.6. The maximum absolute atomic E-state index is 11.6. The number of rotatable bonds is 2. The van der Waals surface area contributed by atoms with Gasteiger partial charge in [-0.05, 0) is 43.9 Å². The molecule has 2 saturated carbocycles. The molecular weight excluding hydrogens is 164 g/mol. The highest BCUT2D eigenvalue weighted by Crippen LogP contribution is 2.51. The van der Waals surface area contributed by atoms with Gasteiger partial charge in [-0.3, -0.25) is 4.79 Å². The van der Waals surface area contributed by atoms with E-state index < -0.39 is 0 Å². The van der Waals surface area contributed by atoms with Crippen LogP contribution in [0, 0.1) is 23.7 Å². The molecule has 0 N–H and O–H groups in total. The molecule has 0 heterocycles. The summed E-state index contributed by atoms with van der Waals surface area (Å²) in [6.07, 6.45) is 3.69. The normalized spacial score (nSPS) is 42.3. The Morgan fingerprint density at radius 3 is 2.69 bits per heavy atom. The van der Waals surface area contributed by atoms with Gasteiger partial charge < -0.3 is 4.74 Å². The Balaban J connectivity index is 1.99. The summed E-state index contributed by atoms with van der Waals surface area (Å²) in [6.45, 7) is 4.69. The summed E-state index contributed by atoms with van der Waals surface area (Å²) in [5.41, 5.74) is 0. The van der Waals surface area contributed by atoms with Crippen molar-refractivity contribution in [3.05, 3.63) is 0 Å². The zero-order valence-corrected chi connectivity index (χ0v) is 8.45. The lowest BCUT2D eigenvalue weighted by atomic mass is 9.82. The zero-order valence-electron chi connectivity index (χ0n) is 8.45. The van der Waals surface area contributed by atoms with E-state index in [4.69, 9.17) is 4.74 Å². The molecule has 2 nitrogen and oxygen atoms in total. The van der Waals surface area contributed by atoms with Crippen molar-refractivity contribution >= 4 is 5.97 Å². The summed E-state index contributed by atoms with van der Waals surface area (Å²) in [5, 5.41) is 0. The molecule has 0 aromatic rings. The van der Waals surface area contributed by atoms with Gasteiger partial charge in [0.2, 0.25) is 0 Å². The Bertz CT molecular complexity index is 212. The van der Waals surface area contributed by atoms with E-state index in [1.165, 1.54) is 12.8 Å². The molecular formula is C11H18O2. The van der Waals surface area contributed by atoms with Crippen LogP contribution in [0.15, 0.2) is 0 Å². The van der Waals surface area contributed by atoms with Crippen molar-refractivity contribution in [3.8, 4) is 0 Å². The van der Waals surface area contributed by atoms with Crippen LogP contribution < -0.4 is 0 Å². The van der Waals surface area contributed by atoms with Crippen LogP contribution >= 0.6 is 0 Å². The molecule has 4 unspecified atom stereocenters. The third-order valence-corrected chi connectivity index (χ3v) is 3.73. The van der Waals surface area contributed by atoms with E-state index in [9.17, 15) is 4.79 Å². The fraction of sp³-hybridized carbons (Fsp3) is 0.909. The molecule has 0 aliphatic heterocycles. The molecule has 2 bridgehead atoms. The zero-order chi connectivity index (χ0) is 9.42. The molecule has 2 aliphatic carbocycles. The van der Waals surface area contributed by atoms with Gasteiger partial charge in [-0.2, -0.15) is 0 Å². The van der Waals surface area contributed by atoms with Crippen LogP contribution in [0.4, 0.5) is 0 Å². The first-order valence-corrected chi connectivity index (χ1v) is 5.39. The number of hydrogen-bond donors (Lipinski definition) is 0. The summed E-state index contributed by atoms with van der Waals surface area (Å²) in [6, 6.07) is 0. The summed E-state index contributed by atoms with van der Waals surface area (Å²) >= 11 is 0. The van der Waals surface area contributed by atoms with Crippen molar-refractivity contribution in [2.75, 3.05) is 6.61 Å². The van der Waals surface area contributed by atoms with Crippen LogP contribution in [0.25, 0.3) is 0 Å². The van der Waals surface area contributed by atoms with E-state index in [0.29, 0.717) is 12.5 Å². The molecule has 2 fully saturated rings. The number of ether oxygens (including phenoxy) is 1. The van der Waals surface area contributed by atoms with E-state index in [1.54, 1.807) is 0 Å². The number of esters is 1. The first-order chi connectivity index (χ1) is 6.22. The molecule has 74 valence electrons. The van der Waals surface area contributed by atoms with Crippen molar-refractivity contribution in [3.63, 3.8) is 0 Å². The monoisotopic (exact) mass is 182 g/mol. The van der Waals surface area contributed by atoms with Crippen LogP contribution in [0.2, 0.25) is 0 Å². The standard InChI is InChI=1S/C11H18O2/c1-3-13-11(12)10-6-8-4-7(2)9(10)5-8/h7-10H,3-6H2,1-2H3. The Morgan fingerprint density at radius 1 is 1.38 bits per heavy atom. The third kappa shape index (κ3) is 1.47. The minimum atomic E-state index is 0.0570. The van der Waals surface area contributed by atoms with Gasteiger partial charge >= 0.3 is 5.97 Å². The predicted molar refractivity (Wildman–Crippen MR) is 50.1 cm³/mol. The van der Waals surface area contributed by atoms with E-state index in [2.05, 4.69) is 6.92 Å². The lowest BCUT2D eigenvalue weighted by Gasteiger charge is -2.24. The SMILES string of the molecule is CCOC(=O)C1CC2CC(C)C1C2. The van der Waals surface area contributed by atoms with Gasteiger partial charge in [0.25, 0.3) is 0 Å². The topological polar surface area (TPSA) is 26.3 Å². The minimum absolute atomic E-state index is 0.0570. The van der Waals surface area contributed by atoms with Crippen LogP contribution in [0.1, 0.15) is 33.1 Å². The summed E-state index contributed by atoms with van der Waals surface area (Å²) in [5.74, 6) is 2.47. The third-order valence-electron chi connectivity index (χ3n) is 3.73. The predicted octanol–water partition coefficient (Wildman–Crippen LogP) is 2.23. The summed E-state index contributed by atoms with van der Waals surface area (Å²) in [4.78, 5) is 11.6. The van der Waals surface area contributed by atoms with Crippen molar-refractivity contribution in [2.24, 2.45) is 23.7 Å². The second kappa shape index (κ2) is 3.32. The lowest BCUT2D eigenvalue weighted by molar-refractivity contribution is -0.150. The van der Waals surface area contributed by atoms with Crippen LogP contribution in [0.3, 0.4) is 0 Å². The van der Waals surface area contributed by atoms with Gasteiger partial charge in [-0.15, -0.1) is 0 Å². The fourth-order valence-corrected chi connectivity index (χ4v) is 3.22. The number of fused-ring (bicyclic) bond motifs is 2. The van der Waals surface area contributed by atoms with E-state index >= 15 is 0 Å². The second-order valence-electron chi connectivity index (χ2n) is 4.57. The molecule has 2 aliphatic rings. The molecule has 13 heavy (non-hydrogen) atoms. The second-order valence-corrected chi connectivity index (χ2v) is 4.57. The molecule has 0 aromatic carbocycles. The van der Waals surface area contributed by atoms with Crippen molar-refractivity contribution in [2.45, 2.75) is 33.1 Å². The van der Waals surface area contributed by atoms with Crippen LogP contribution in [-0.4, -0.2) is 12.6 Å². The lowest BCUT2D eigenvalue weighted by Crippen LogP contribution is -2.27. The number of carbonyl (C=O) groups is 1. The molecule has 2 rings (SSSR count). The molecule has 0 radical (unpaired) electrons. The Hall–Kier alpha value is -0.530. The van der Waals surface area contributed by atoms with Gasteiger partial charge in [-0.25, -0.2) is 0 Å². The van der Waals surface area contributed by atoms with Crippen LogP contribution in [0.5, 0.6) is 0 Å². The van der Waals surface area contributed by atoms with Crippen molar-refractivity contribution in [1.82, 2.24) is 0 Å². The summed E-state index contributed by atoms with van der Waals surface area (Å²) in [7, 11) is 0. The molecule has 4 atom stereocenters. The maximum Gasteiger partial charge on any atom is 0.309 e. The van der Waals surface area contributed by atoms with E-state index in [1.807, 2.05) is 6.92 Å². The molecule has 0 amide bonds. The van der Waals surface area contributed by atoms with Crippen molar-refractivity contribution in [1.29, 1.82) is 0 Å². The fourth-order valence-electron chi connectivity index (χ4n) is 3.22. The highest BCUT2D eigenvalue weighted by atomic mass is 16.5. The number of carbonyl (C=O) groups excluding carboxylic acids is 1. The van der Waals surface area contributed by atoms with Crippen molar-refractivity contribution < 1.29 is 9.53 Å². The summed E-state index contributed by atoms with van der Waals surface area (Å²) < 4.78 is 5.09.